The van der Waals surface area contributed by atoms with Crippen LogP contribution < -0.4 is 0 Å². The molecule has 0 spiro atoms. The van der Waals surface area contributed by atoms with E-state index in [1.165, 1.54) is 0 Å². The molecule has 0 aliphatic carbocycles. The maximum Gasteiger partial charge on any atom is 0.308 e. The Balaban J connectivity index is 3.08. The number of esters is 1. The number of hydrogen-bond donors (Lipinski definition) is 3. The fourth-order valence-electron chi connectivity index (χ4n) is 3.63. The van der Waals surface area contributed by atoms with E-state index in [1.807, 2.05) is 6.92 Å². The molecule has 0 saturated carbocycles. The third-order valence-electron chi connectivity index (χ3n) is 5.87. The minimum atomic E-state index is -1.02. The molecule has 1 heterocycles. The number of carbonyl (C=O) groups excluding carboxylic acids is 2. The number of ether oxygens (including phenoxy) is 1. The van der Waals surface area contributed by atoms with Crippen LogP contribution in [-0.2, 0) is 14.3 Å². The predicted octanol–water partition coefficient (Wildman–Crippen LogP) is 1.54. The second-order valence-corrected chi connectivity index (χ2v) is 7.97. The fourth-order valence-corrected chi connectivity index (χ4v) is 3.63. The van der Waals surface area contributed by atoms with Crippen LogP contribution in [0.2, 0.25) is 0 Å². The molecule has 6 nitrogen and oxygen atoms in total. The molecule has 0 unspecified atom stereocenters. The number of Topliss-reactive ketones (excluding diaryl/α,β-unsaturated/α-hetero) is 1. The Bertz CT molecular complexity index is 465. The molecule has 0 aromatic heterocycles. The fraction of sp³-hybridized carbons (Fsp3) is 0.895. The van der Waals surface area contributed by atoms with Crippen molar-refractivity contribution < 1.29 is 29.6 Å². The lowest BCUT2D eigenvalue weighted by molar-refractivity contribution is -0.157. The van der Waals surface area contributed by atoms with E-state index in [0.29, 0.717) is 6.42 Å². The Morgan fingerprint density at radius 1 is 0.880 bits per heavy atom. The van der Waals surface area contributed by atoms with Crippen molar-refractivity contribution in [2.24, 2.45) is 29.6 Å². The zero-order valence-electron chi connectivity index (χ0n) is 16.2. The summed E-state index contributed by atoms with van der Waals surface area (Å²) in [6.45, 7) is 10.4. The first-order chi connectivity index (χ1) is 11.5. The molecule has 146 valence electrons. The summed E-state index contributed by atoms with van der Waals surface area (Å²) in [4.78, 5) is 24.7. The summed E-state index contributed by atoms with van der Waals surface area (Å²) in [7, 11) is 0. The zero-order valence-corrected chi connectivity index (χ0v) is 16.2. The molecule has 1 aliphatic rings. The Labute approximate surface area is 150 Å². The van der Waals surface area contributed by atoms with E-state index in [9.17, 15) is 24.9 Å². The monoisotopic (exact) mass is 358 g/mol. The Hall–Kier alpha value is -0.980. The number of carbonyl (C=O) groups is 2. The van der Waals surface area contributed by atoms with Gasteiger partial charge >= 0.3 is 5.97 Å². The third-order valence-corrected chi connectivity index (χ3v) is 5.87. The second-order valence-electron chi connectivity index (χ2n) is 7.97. The first-order valence-electron chi connectivity index (χ1n) is 9.24. The van der Waals surface area contributed by atoms with Crippen LogP contribution in [-0.4, -0.2) is 51.5 Å². The van der Waals surface area contributed by atoms with Crippen molar-refractivity contribution in [1.29, 1.82) is 0 Å². The van der Waals surface area contributed by atoms with Crippen LogP contribution in [0.4, 0.5) is 0 Å². The number of aliphatic hydroxyl groups excluding tert-OH is 3. The summed E-state index contributed by atoms with van der Waals surface area (Å²) in [5.74, 6) is -2.67. The van der Waals surface area contributed by atoms with Crippen LogP contribution in [0.5, 0.6) is 0 Å². The Kier molecular flexibility index (Phi) is 8.03. The summed E-state index contributed by atoms with van der Waals surface area (Å²) >= 11 is 0. The van der Waals surface area contributed by atoms with Gasteiger partial charge in [0.1, 0.15) is 11.9 Å². The second kappa shape index (κ2) is 9.10. The van der Waals surface area contributed by atoms with Crippen molar-refractivity contribution in [2.45, 2.75) is 78.8 Å². The van der Waals surface area contributed by atoms with E-state index >= 15 is 0 Å². The quantitative estimate of drug-likeness (QED) is 0.568. The van der Waals surface area contributed by atoms with Crippen LogP contribution in [0.15, 0.2) is 0 Å². The molecule has 25 heavy (non-hydrogen) atoms. The largest absolute Gasteiger partial charge is 0.462 e. The molecule has 1 saturated heterocycles. The minimum absolute atomic E-state index is 0.0674. The highest BCUT2D eigenvalue weighted by molar-refractivity contribution is 5.83. The molecule has 6 heteroatoms. The maximum atomic E-state index is 12.6. The number of ketones is 1. The van der Waals surface area contributed by atoms with Gasteiger partial charge in [0.2, 0.25) is 0 Å². The zero-order chi connectivity index (χ0) is 19.5. The number of aliphatic hydroxyl groups is 3. The number of cyclic esters (lactones) is 1. The normalized spacial score (nSPS) is 45.6. The van der Waals surface area contributed by atoms with E-state index in [4.69, 9.17) is 4.74 Å². The summed E-state index contributed by atoms with van der Waals surface area (Å²) in [6, 6.07) is 0. The molecule has 0 radical (unpaired) electrons. The molecule has 1 fully saturated rings. The summed E-state index contributed by atoms with van der Waals surface area (Å²) < 4.78 is 5.32. The van der Waals surface area contributed by atoms with Crippen molar-refractivity contribution in [3.05, 3.63) is 0 Å². The molecule has 1 aliphatic heterocycles. The van der Waals surface area contributed by atoms with Crippen LogP contribution in [0.1, 0.15) is 54.4 Å². The predicted molar refractivity (Wildman–Crippen MR) is 93.6 cm³/mol. The topological polar surface area (TPSA) is 104 Å². The van der Waals surface area contributed by atoms with E-state index in [0.717, 1.165) is 0 Å². The lowest BCUT2D eigenvalue weighted by atomic mass is 9.78. The first kappa shape index (κ1) is 22.1. The highest BCUT2D eigenvalue weighted by Gasteiger charge is 2.36. The van der Waals surface area contributed by atoms with Crippen molar-refractivity contribution in [3.63, 3.8) is 0 Å². The molecular weight excluding hydrogens is 324 g/mol. The Morgan fingerprint density at radius 3 is 2.00 bits per heavy atom. The molecule has 0 aromatic carbocycles. The van der Waals surface area contributed by atoms with Gasteiger partial charge in [-0.25, -0.2) is 0 Å². The third kappa shape index (κ3) is 5.50. The summed E-state index contributed by atoms with van der Waals surface area (Å²) in [5.41, 5.74) is 0. The summed E-state index contributed by atoms with van der Waals surface area (Å²) in [5, 5.41) is 31.2. The van der Waals surface area contributed by atoms with Crippen molar-refractivity contribution in [2.75, 3.05) is 0 Å². The molecule has 9 atom stereocenters. The molecule has 1 rings (SSSR count). The lowest BCUT2D eigenvalue weighted by Crippen LogP contribution is -2.42. The number of rotatable bonds is 0. The van der Waals surface area contributed by atoms with Gasteiger partial charge in [-0.1, -0.05) is 34.6 Å². The molecule has 3 N–H and O–H groups in total. The number of hydrogen-bond acceptors (Lipinski definition) is 6. The molecule has 0 amide bonds. The van der Waals surface area contributed by atoms with Gasteiger partial charge < -0.3 is 20.1 Å². The minimum Gasteiger partial charge on any atom is -0.462 e. The maximum absolute atomic E-state index is 12.6. The highest BCUT2D eigenvalue weighted by atomic mass is 16.5. The van der Waals surface area contributed by atoms with Gasteiger partial charge in [-0.15, -0.1) is 0 Å². The van der Waals surface area contributed by atoms with Crippen LogP contribution in [0.25, 0.3) is 0 Å². The van der Waals surface area contributed by atoms with Gasteiger partial charge in [-0.2, -0.15) is 0 Å². The van der Waals surface area contributed by atoms with Crippen molar-refractivity contribution in [1.82, 2.24) is 0 Å². The molecule has 0 aromatic rings. The SMILES string of the molecule is C[C@@H]1[C@@H](O)[C@@H](C)C[C@@H](C)C(=O)[C@H](C)[C@@H](O)[C@@H](C)[C@@H](C)OC(=O)C[C@H]1O. The van der Waals surface area contributed by atoms with Crippen LogP contribution in [0.3, 0.4) is 0 Å². The average molecular weight is 358 g/mol. The molecule has 0 bridgehead atoms. The average Bonchev–Trinajstić information content (AvgIpc) is 2.56. The standard InChI is InChI=1S/C19H34O6/c1-9-7-10(2)18(23)13(5)19(24)11(3)14(6)25-16(21)8-15(20)12(4)17(9)22/h9-15,17,19-20,22,24H,7-8H2,1-6H3/t9-,10+,11-,12-,13-,14+,15+,17-,19-/m0/s1. The van der Waals surface area contributed by atoms with E-state index in [-0.39, 0.29) is 24.0 Å². The Morgan fingerprint density at radius 2 is 1.44 bits per heavy atom. The van der Waals surface area contributed by atoms with Crippen LogP contribution in [0, 0.1) is 29.6 Å². The van der Waals surface area contributed by atoms with Crippen molar-refractivity contribution >= 4 is 11.8 Å². The van der Waals surface area contributed by atoms with Gasteiger partial charge in [0, 0.05) is 23.7 Å². The van der Waals surface area contributed by atoms with E-state index in [2.05, 4.69) is 0 Å². The van der Waals surface area contributed by atoms with Gasteiger partial charge in [-0.3, -0.25) is 9.59 Å². The smallest absolute Gasteiger partial charge is 0.308 e. The summed E-state index contributed by atoms with van der Waals surface area (Å²) in [6.07, 6.45) is -3.11. The van der Waals surface area contributed by atoms with Crippen LogP contribution >= 0.6 is 0 Å². The first-order valence-corrected chi connectivity index (χ1v) is 9.24. The van der Waals surface area contributed by atoms with Crippen molar-refractivity contribution in [3.8, 4) is 0 Å². The van der Waals surface area contributed by atoms with Gasteiger partial charge in [0.15, 0.2) is 0 Å². The molecular formula is C19H34O6. The van der Waals surface area contributed by atoms with E-state index in [1.54, 1.807) is 34.6 Å². The highest BCUT2D eigenvalue weighted by Crippen LogP contribution is 2.29. The lowest BCUT2D eigenvalue weighted by Gasteiger charge is -2.33. The van der Waals surface area contributed by atoms with Gasteiger partial charge in [0.05, 0.1) is 24.7 Å². The van der Waals surface area contributed by atoms with E-state index < -0.39 is 48.1 Å². The van der Waals surface area contributed by atoms with Gasteiger partial charge in [-0.05, 0) is 19.3 Å². The van der Waals surface area contributed by atoms with Gasteiger partial charge in [0.25, 0.3) is 0 Å².